The van der Waals surface area contributed by atoms with Gasteiger partial charge in [-0.3, -0.25) is 4.57 Å². The first-order valence-electron chi connectivity index (χ1n) is 18.2. The summed E-state index contributed by atoms with van der Waals surface area (Å²) < 4.78 is 2.55. The molecule has 4 heteroatoms. The number of anilines is 3. The van der Waals surface area contributed by atoms with Gasteiger partial charge in [0.15, 0.2) is 0 Å². The zero-order valence-electron chi connectivity index (χ0n) is 30.3. The van der Waals surface area contributed by atoms with Crippen molar-refractivity contribution in [3.63, 3.8) is 0 Å². The average Bonchev–Trinajstić information content (AvgIpc) is 3.46. The van der Waals surface area contributed by atoms with E-state index in [0.717, 1.165) is 18.7 Å². The number of nitrogens with zero attached hydrogens (tertiary/aromatic N) is 3. The first-order valence-corrected chi connectivity index (χ1v) is 18.2. The van der Waals surface area contributed by atoms with Crippen molar-refractivity contribution in [1.29, 1.82) is 0 Å². The number of hydrogen-bond donors (Lipinski definition) is 0. The topological polar surface area (TPSA) is 21.1 Å². The van der Waals surface area contributed by atoms with Gasteiger partial charge in [0.25, 0.3) is 6.71 Å². The molecule has 0 N–H and O–H groups in total. The number of aryl methyl sites for hydroxylation is 4. The standard InChI is InChI=1S/C45H46BN3/c1-27-13-11-14-28(2)39(27)43-47-41-33-16-10-9-15-29(33)25-35-42(41)49(43)38-18-12-17-37-40(38)46(35)34-26-31(45(6,7)8)21-24-36(34)48(37)32-22-19-30(20-23-32)44(3,4)5/h11-14,17-26H,9-10,15-16H2,1-8H3. The lowest BCUT2D eigenvalue weighted by molar-refractivity contribution is 0.590. The minimum atomic E-state index is 0.0329. The monoisotopic (exact) mass is 639 g/mol. The fourth-order valence-corrected chi connectivity index (χ4v) is 8.98. The molecule has 1 aliphatic carbocycles. The van der Waals surface area contributed by atoms with Crippen LogP contribution >= 0.6 is 0 Å². The summed E-state index contributed by atoms with van der Waals surface area (Å²) in [4.78, 5) is 8.21. The number of aromatic nitrogens is 2. The zero-order chi connectivity index (χ0) is 34.0. The second-order valence-corrected chi connectivity index (χ2v) is 16.8. The third-order valence-corrected chi connectivity index (χ3v) is 11.6. The molecular weight excluding hydrogens is 593 g/mol. The SMILES string of the molecule is Cc1cccc(C)c1-c1nc2c3c(cc4c2n1-c1cccc2c1B4c1cc(C(C)(C)C)ccc1N2c1ccc(C(C)(C)C)cc1)CCCC3. The molecule has 6 aromatic rings. The van der Waals surface area contributed by atoms with Crippen molar-refractivity contribution in [2.45, 2.75) is 91.9 Å². The van der Waals surface area contributed by atoms with Gasteiger partial charge in [0.1, 0.15) is 5.82 Å². The lowest BCUT2D eigenvalue weighted by atomic mass is 9.33. The molecule has 3 heterocycles. The van der Waals surface area contributed by atoms with Gasteiger partial charge in [-0.15, -0.1) is 0 Å². The highest BCUT2D eigenvalue weighted by Crippen LogP contribution is 2.43. The van der Waals surface area contributed by atoms with Crippen LogP contribution in [-0.4, -0.2) is 16.3 Å². The number of fused-ring (bicyclic) bond motifs is 6. The molecular formula is C45H46BN3. The Morgan fingerprint density at radius 3 is 2.02 bits per heavy atom. The Labute approximate surface area is 292 Å². The maximum Gasteiger partial charge on any atom is 0.252 e. The fourth-order valence-electron chi connectivity index (χ4n) is 8.98. The van der Waals surface area contributed by atoms with Crippen LogP contribution in [0.5, 0.6) is 0 Å². The molecule has 3 aliphatic rings. The maximum absolute atomic E-state index is 5.68. The van der Waals surface area contributed by atoms with Gasteiger partial charge in [-0.1, -0.05) is 96.1 Å². The van der Waals surface area contributed by atoms with Crippen molar-refractivity contribution in [3.8, 4) is 17.1 Å². The highest BCUT2D eigenvalue weighted by atomic mass is 15.2. The van der Waals surface area contributed by atoms with Gasteiger partial charge in [0, 0.05) is 28.3 Å². The fraction of sp³-hybridized carbons (Fsp3) is 0.311. The van der Waals surface area contributed by atoms with Crippen LogP contribution in [0.1, 0.15) is 87.8 Å². The summed E-state index contributed by atoms with van der Waals surface area (Å²) in [5.74, 6) is 1.08. The van der Waals surface area contributed by atoms with Crippen molar-refractivity contribution in [3.05, 3.63) is 118 Å². The van der Waals surface area contributed by atoms with Gasteiger partial charge in [-0.25, -0.2) is 4.98 Å². The molecule has 0 bridgehead atoms. The largest absolute Gasteiger partial charge is 0.311 e. The van der Waals surface area contributed by atoms with E-state index >= 15 is 0 Å². The summed E-state index contributed by atoms with van der Waals surface area (Å²) in [5, 5.41) is 0. The lowest BCUT2D eigenvalue weighted by Crippen LogP contribution is -2.60. The summed E-state index contributed by atoms with van der Waals surface area (Å²) >= 11 is 0. The Balaban J connectivity index is 1.41. The normalized spacial score (nSPS) is 14.9. The third-order valence-electron chi connectivity index (χ3n) is 11.6. The van der Waals surface area contributed by atoms with Crippen LogP contribution in [0.3, 0.4) is 0 Å². The molecule has 0 amide bonds. The van der Waals surface area contributed by atoms with E-state index in [1.54, 1.807) is 0 Å². The molecule has 0 saturated carbocycles. The molecule has 0 radical (unpaired) electrons. The second-order valence-electron chi connectivity index (χ2n) is 16.8. The average molecular weight is 640 g/mol. The van der Waals surface area contributed by atoms with Gasteiger partial charge < -0.3 is 4.90 Å². The Kier molecular flexibility index (Phi) is 6.51. The predicted octanol–water partition coefficient (Wildman–Crippen LogP) is 9.40. The molecule has 2 aliphatic heterocycles. The van der Waals surface area contributed by atoms with Gasteiger partial charge >= 0.3 is 0 Å². The van der Waals surface area contributed by atoms with Gasteiger partial charge in [0.05, 0.1) is 11.0 Å². The van der Waals surface area contributed by atoms with Crippen molar-refractivity contribution < 1.29 is 0 Å². The van der Waals surface area contributed by atoms with Crippen LogP contribution in [0, 0.1) is 13.8 Å². The molecule has 1 aromatic heterocycles. The minimum absolute atomic E-state index is 0.0329. The van der Waals surface area contributed by atoms with Crippen LogP contribution in [0.25, 0.3) is 28.1 Å². The highest BCUT2D eigenvalue weighted by molar-refractivity contribution is 7.00. The van der Waals surface area contributed by atoms with Crippen LogP contribution in [-0.2, 0) is 23.7 Å². The summed E-state index contributed by atoms with van der Waals surface area (Å²) in [5.41, 5.74) is 21.3. The zero-order valence-corrected chi connectivity index (χ0v) is 30.3. The Morgan fingerprint density at radius 1 is 0.653 bits per heavy atom. The first-order chi connectivity index (χ1) is 23.4. The number of rotatable bonds is 2. The smallest absolute Gasteiger partial charge is 0.252 e. The van der Waals surface area contributed by atoms with Crippen LogP contribution in [0.15, 0.2) is 84.9 Å². The summed E-state index contributed by atoms with van der Waals surface area (Å²) in [7, 11) is 0. The molecule has 5 aromatic carbocycles. The van der Waals surface area contributed by atoms with E-state index in [9.17, 15) is 0 Å². The van der Waals surface area contributed by atoms with E-state index in [2.05, 4.69) is 150 Å². The number of hydrogen-bond acceptors (Lipinski definition) is 2. The van der Waals surface area contributed by atoms with Gasteiger partial charge in [0.2, 0.25) is 0 Å². The van der Waals surface area contributed by atoms with Crippen molar-refractivity contribution in [2.75, 3.05) is 4.90 Å². The molecule has 0 atom stereocenters. The van der Waals surface area contributed by atoms with E-state index in [4.69, 9.17) is 4.98 Å². The summed E-state index contributed by atoms with van der Waals surface area (Å²) in [6.07, 6.45) is 4.72. The molecule has 9 rings (SSSR count). The quantitative estimate of drug-likeness (QED) is 0.176. The Morgan fingerprint density at radius 2 is 1.31 bits per heavy atom. The van der Waals surface area contributed by atoms with Crippen molar-refractivity contribution >= 4 is 51.2 Å². The van der Waals surface area contributed by atoms with Gasteiger partial charge in [-0.2, -0.15) is 0 Å². The first kappa shape index (κ1) is 30.5. The van der Waals surface area contributed by atoms with Crippen LogP contribution < -0.4 is 21.3 Å². The highest BCUT2D eigenvalue weighted by Gasteiger charge is 2.43. The Hall–Kier alpha value is -4.57. The Bertz CT molecular complexity index is 2310. The van der Waals surface area contributed by atoms with E-state index < -0.39 is 0 Å². The molecule has 3 nitrogen and oxygen atoms in total. The molecule has 0 fully saturated rings. The van der Waals surface area contributed by atoms with Crippen LogP contribution in [0.4, 0.5) is 17.1 Å². The minimum Gasteiger partial charge on any atom is -0.311 e. The summed E-state index contributed by atoms with van der Waals surface area (Å²) in [6, 6.07) is 32.8. The van der Waals surface area contributed by atoms with E-state index in [1.165, 1.54) is 102 Å². The van der Waals surface area contributed by atoms with Gasteiger partial charge in [-0.05, 0) is 130 Å². The van der Waals surface area contributed by atoms with E-state index in [0.29, 0.717) is 0 Å². The maximum atomic E-state index is 5.68. The number of imidazole rings is 1. The van der Waals surface area contributed by atoms with E-state index in [-0.39, 0.29) is 17.5 Å². The molecule has 244 valence electrons. The molecule has 0 saturated heterocycles. The number of benzene rings is 5. The summed E-state index contributed by atoms with van der Waals surface area (Å²) in [6.45, 7) is 18.5. The molecule has 49 heavy (non-hydrogen) atoms. The van der Waals surface area contributed by atoms with Crippen molar-refractivity contribution in [1.82, 2.24) is 9.55 Å². The molecule has 0 spiro atoms. The van der Waals surface area contributed by atoms with Crippen molar-refractivity contribution in [2.24, 2.45) is 0 Å². The lowest BCUT2D eigenvalue weighted by Gasteiger charge is -2.41. The van der Waals surface area contributed by atoms with Crippen LogP contribution in [0.2, 0.25) is 0 Å². The molecule has 0 unspecified atom stereocenters. The predicted molar refractivity (Wildman–Crippen MR) is 209 cm³/mol. The third kappa shape index (κ3) is 4.45. The van der Waals surface area contributed by atoms with E-state index in [1.807, 2.05) is 0 Å². The second kappa shape index (κ2) is 10.5.